The van der Waals surface area contributed by atoms with Crippen LogP contribution in [0.25, 0.3) is 88.2 Å². The summed E-state index contributed by atoms with van der Waals surface area (Å²) in [5.74, 6) is 0. The molecule has 7 aromatic carbocycles. The molecule has 0 aliphatic heterocycles. The Bertz CT molecular complexity index is 2750. The highest BCUT2D eigenvalue weighted by Gasteiger charge is 2.17. The van der Waals surface area contributed by atoms with Gasteiger partial charge in [-0.2, -0.15) is 0 Å². The quantitative estimate of drug-likeness (QED) is 0.164. The number of hydrogen-bond donors (Lipinski definition) is 0. The molecule has 0 unspecified atom stereocenters. The van der Waals surface area contributed by atoms with E-state index in [0.29, 0.717) is 5.69 Å². The number of benzene rings is 7. The van der Waals surface area contributed by atoms with Crippen LogP contribution in [0.15, 0.2) is 188 Å². The van der Waals surface area contributed by atoms with Gasteiger partial charge in [-0.05, 0) is 81.9 Å². The molecule has 3 nitrogen and oxygen atoms in total. The summed E-state index contributed by atoms with van der Waals surface area (Å²) in [6.45, 7) is 7.97. The van der Waals surface area contributed by atoms with Gasteiger partial charge in [-0.25, -0.2) is 9.83 Å². The molecule has 3 heteroatoms. The molecule has 51 heavy (non-hydrogen) atoms. The zero-order valence-electron chi connectivity index (χ0n) is 27.7. The molecule has 2 heterocycles. The fourth-order valence-corrected chi connectivity index (χ4v) is 7.16. The van der Waals surface area contributed by atoms with Gasteiger partial charge < -0.3 is 4.57 Å². The first-order valence-corrected chi connectivity index (χ1v) is 17.1. The summed E-state index contributed by atoms with van der Waals surface area (Å²) in [6.07, 6.45) is 0. The minimum absolute atomic E-state index is 0.620. The molecule has 2 aromatic heterocycles. The molecule has 0 aliphatic rings. The minimum atomic E-state index is 0.620. The van der Waals surface area contributed by atoms with Gasteiger partial charge in [0.25, 0.3) is 0 Å². The molecule has 0 bridgehead atoms. The standard InChI is InChI=1S/C48H31N3/c1-49-46-22-10-8-20-41(46)38-29-39(45-24-13-23-44(50-45)34-16-6-3-7-17-34)31-40(30-38)51-47-25-11-9-21-42(47)43-27-26-37(32-48(43)51)36-19-12-18-35(28-36)33-14-4-2-5-15-33/h2-32H. The third kappa shape index (κ3) is 5.56. The van der Waals surface area contributed by atoms with Crippen LogP contribution in [-0.4, -0.2) is 9.55 Å². The highest BCUT2D eigenvalue weighted by molar-refractivity contribution is 6.10. The van der Waals surface area contributed by atoms with E-state index in [4.69, 9.17) is 11.6 Å². The van der Waals surface area contributed by atoms with Gasteiger partial charge in [0.15, 0.2) is 5.69 Å². The van der Waals surface area contributed by atoms with Crippen LogP contribution in [0, 0.1) is 6.57 Å². The molecule has 238 valence electrons. The van der Waals surface area contributed by atoms with Crippen LogP contribution in [0.5, 0.6) is 0 Å². The Morgan fingerprint density at radius 1 is 0.392 bits per heavy atom. The summed E-state index contributed by atoms with van der Waals surface area (Å²) in [5.41, 5.74) is 14.3. The average molecular weight is 650 g/mol. The monoisotopic (exact) mass is 649 g/mol. The van der Waals surface area contributed by atoms with Crippen LogP contribution < -0.4 is 0 Å². The predicted octanol–water partition coefficient (Wildman–Crippen LogP) is 13.1. The van der Waals surface area contributed by atoms with Gasteiger partial charge in [0.1, 0.15) is 0 Å². The summed E-state index contributed by atoms with van der Waals surface area (Å²) in [5, 5.41) is 2.38. The SMILES string of the molecule is [C-]#[N+]c1ccccc1-c1cc(-c2cccc(-c3ccccc3)n2)cc(-n2c3ccccc3c3ccc(-c4cccc(-c5ccccc5)c4)cc32)c1. The van der Waals surface area contributed by atoms with Crippen LogP contribution in [0.2, 0.25) is 0 Å². The van der Waals surface area contributed by atoms with E-state index in [1.165, 1.54) is 21.9 Å². The van der Waals surface area contributed by atoms with Gasteiger partial charge >= 0.3 is 0 Å². The lowest BCUT2D eigenvalue weighted by atomic mass is 9.98. The van der Waals surface area contributed by atoms with E-state index in [1.54, 1.807) is 0 Å². The molecule has 0 spiro atoms. The molecule has 0 amide bonds. The van der Waals surface area contributed by atoms with Gasteiger partial charge in [0, 0.05) is 27.6 Å². The zero-order valence-corrected chi connectivity index (χ0v) is 27.7. The molecule has 9 aromatic rings. The van der Waals surface area contributed by atoms with Crippen molar-refractivity contribution < 1.29 is 0 Å². The van der Waals surface area contributed by atoms with E-state index >= 15 is 0 Å². The highest BCUT2D eigenvalue weighted by atomic mass is 15.0. The number of hydrogen-bond acceptors (Lipinski definition) is 1. The van der Waals surface area contributed by atoms with Crippen molar-refractivity contribution in [1.29, 1.82) is 0 Å². The normalized spacial score (nSPS) is 11.1. The van der Waals surface area contributed by atoms with Crippen molar-refractivity contribution in [1.82, 2.24) is 9.55 Å². The molecule has 0 saturated heterocycles. The third-order valence-electron chi connectivity index (χ3n) is 9.60. The summed E-state index contributed by atoms with van der Waals surface area (Å²) in [7, 11) is 0. The predicted molar refractivity (Wildman–Crippen MR) is 212 cm³/mol. The topological polar surface area (TPSA) is 22.2 Å². The number of fused-ring (bicyclic) bond motifs is 3. The van der Waals surface area contributed by atoms with Crippen LogP contribution in [0.3, 0.4) is 0 Å². The first-order valence-electron chi connectivity index (χ1n) is 17.1. The molecular formula is C48H31N3. The lowest BCUT2D eigenvalue weighted by Gasteiger charge is -2.15. The van der Waals surface area contributed by atoms with Crippen molar-refractivity contribution in [3.8, 4) is 61.6 Å². The van der Waals surface area contributed by atoms with Crippen molar-refractivity contribution in [2.45, 2.75) is 0 Å². The van der Waals surface area contributed by atoms with Gasteiger partial charge in [-0.3, -0.25) is 0 Å². The molecule has 0 N–H and O–H groups in total. The maximum absolute atomic E-state index is 7.97. The largest absolute Gasteiger partial charge is 0.309 e. The van der Waals surface area contributed by atoms with Crippen molar-refractivity contribution in [2.75, 3.05) is 0 Å². The van der Waals surface area contributed by atoms with Crippen molar-refractivity contribution in [2.24, 2.45) is 0 Å². The van der Waals surface area contributed by atoms with Gasteiger partial charge in [-0.1, -0.05) is 140 Å². The number of rotatable bonds is 6. The lowest BCUT2D eigenvalue weighted by Crippen LogP contribution is -1.97. The second-order valence-electron chi connectivity index (χ2n) is 12.7. The molecule has 0 radical (unpaired) electrons. The summed E-state index contributed by atoms with van der Waals surface area (Å²) < 4.78 is 2.36. The van der Waals surface area contributed by atoms with Crippen molar-refractivity contribution in [3.05, 3.63) is 199 Å². The third-order valence-corrected chi connectivity index (χ3v) is 9.60. The Morgan fingerprint density at radius 3 is 1.76 bits per heavy atom. The second kappa shape index (κ2) is 12.8. The van der Waals surface area contributed by atoms with Gasteiger partial charge in [-0.15, -0.1) is 0 Å². The first kappa shape index (κ1) is 30.1. The van der Waals surface area contributed by atoms with E-state index in [9.17, 15) is 0 Å². The first-order chi connectivity index (χ1) is 25.2. The number of nitrogens with zero attached hydrogens (tertiary/aromatic N) is 3. The minimum Gasteiger partial charge on any atom is -0.309 e. The zero-order chi connectivity index (χ0) is 34.1. The molecule has 0 atom stereocenters. The van der Waals surface area contributed by atoms with Crippen molar-refractivity contribution in [3.63, 3.8) is 0 Å². The van der Waals surface area contributed by atoms with Gasteiger partial charge in [0.2, 0.25) is 0 Å². The lowest BCUT2D eigenvalue weighted by molar-refractivity contribution is 1.18. The Hall–Kier alpha value is -7.02. The molecule has 9 rings (SSSR count). The van der Waals surface area contributed by atoms with Crippen LogP contribution in [0.1, 0.15) is 0 Å². The second-order valence-corrected chi connectivity index (χ2v) is 12.7. The Kier molecular flexibility index (Phi) is 7.54. The fraction of sp³-hybridized carbons (Fsp3) is 0. The number of pyridine rings is 1. The van der Waals surface area contributed by atoms with Crippen molar-refractivity contribution >= 4 is 27.5 Å². The van der Waals surface area contributed by atoms with E-state index < -0.39 is 0 Å². The van der Waals surface area contributed by atoms with Crippen LogP contribution in [0.4, 0.5) is 5.69 Å². The maximum atomic E-state index is 7.97. The molecule has 0 saturated carbocycles. The summed E-state index contributed by atoms with van der Waals surface area (Å²) in [4.78, 5) is 9.05. The summed E-state index contributed by atoms with van der Waals surface area (Å²) in [6, 6.07) is 65.6. The smallest absolute Gasteiger partial charge is 0.194 e. The Labute approximate surface area is 297 Å². The Balaban J connectivity index is 1.28. The Morgan fingerprint density at radius 2 is 0.961 bits per heavy atom. The van der Waals surface area contributed by atoms with Crippen LogP contribution in [-0.2, 0) is 0 Å². The van der Waals surface area contributed by atoms with Gasteiger partial charge in [0.05, 0.1) is 29.0 Å². The van der Waals surface area contributed by atoms with Crippen LogP contribution >= 0.6 is 0 Å². The van der Waals surface area contributed by atoms with E-state index in [-0.39, 0.29) is 0 Å². The van der Waals surface area contributed by atoms with E-state index in [0.717, 1.165) is 61.5 Å². The molecular weight excluding hydrogens is 619 g/mol. The average Bonchev–Trinajstić information content (AvgIpc) is 3.55. The highest BCUT2D eigenvalue weighted by Crippen LogP contribution is 2.40. The maximum Gasteiger partial charge on any atom is 0.194 e. The number of aromatic nitrogens is 2. The van der Waals surface area contributed by atoms with E-state index in [2.05, 4.69) is 155 Å². The molecule has 0 fully saturated rings. The molecule has 0 aliphatic carbocycles. The summed E-state index contributed by atoms with van der Waals surface area (Å²) >= 11 is 0. The number of para-hydroxylation sites is 2. The fourth-order valence-electron chi connectivity index (χ4n) is 7.16. The van der Waals surface area contributed by atoms with E-state index in [1.807, 2.05) is 42.5 Å².